The molecule has 1 aliphatic heterocycles. The summed E-state index contributed by atoms with van der Waals surface area (Å²) in [5.74, 6) is -0.255. The third kappa shape index (κ3) is 4.18. The molecule has 10 heteroatoms. The highest BCUT2D eigenvalue weighted by Gasteiger charge is 2.34. The van der Waals surface area contributed by atoms with Crippen LogP contribution in [0.15, 0.2) is 33.7 Å². The van der Waals surface area contributed by atoms with Gasteiger partial charge in [-0.2, -0.15) is 13.2 Å². The fourth-order valence-electron chi connectivity index (χ4n) is 2.39. The second-order valence-corrected chi connectivity index (χ2v) is 6.96. The Hall–Kier alpha value is -2.49. The van der Waals surface area contributed by atoms with E-state index in [9.17, 15) is 22.8 Å². The molecule has 0 saturated heterocycles. The van der Waals surface area contributed by atoms with Gasteiger partial charge < -0.3 is 15.2 Å². The highest BCUT2D eigenvalue weighted by atomic mass is 32.2. The van der Waals surface area contributed by atoms with Crippen molar-refractivity contribution in [2.45, 2.75) is 36.2 Å². The van der Waals surface area contributed by atoms with E-state index in [1.165, 1.54) is 6.07 Å². The number of anilines is 1. The van der Waals surface area contributed by atoms with Gasteiger partial charge in [0, 0.05) is 17.4 Å². The first-order valence-corrected chi connectivity index (χ1v) is 8.48. The molecule has 1 aliphatic rings. The SMILES string of the molecule is Cc1cc(CNC(=O)C[C@@H]2Sc3ccc(C(F)(F)F)cc3NC2=O)no1. The molecule has 1 atom stereocenters. The van der Waals surface area contributed by atoms with E-state index in [2.05, 4.69) is 15.8 Å². The van der Waals surface area contributed by atoms with Crippen LogP contribution in [0.3, 0.4) is 0 Å². The maximum Gasteiger partial charge on any atom is 0.416 e. The van der Waals surface area contributed by atoms with Crippen molar-refractivity contribution in [1.29, 1.82) is 0 Å². The van der Waals surface area contributed by atoms with Crippen molar-refractivity contribution in [3.63, 3.8) is 0 Å². The Labute approximate surface area is 150 Å². The minimum Gasteiger partial charge on any atom is -0.361 e. The van der Waals surface area contributed by atoms with Crippen LogP contribution in [0.4, 0.5) is 18.9 Å². The number of nitrogens with zero attached hydrogens (tertiary/aromatic N) is 1. The first kappa shape index (κ1) is 18.3. The molecule has 0 aliphatic carbocycles. The van der Waals surface area contributed by atoms with E-state index in [0.717, 1.165) is 23.9 Å². The number of carbonyl (C=O) groups excluding carboxylic acids is 2. The number of aryl methyl sites for hydroxylation is 1. The third-order valence-corrected chi connectivity index (χ3v) is 4.92. The second-order valence-electron chi connectivity index (χ2n) is 5.71. The van der Waals surface area contributed by atoms with Gasteiger partial charge in [-0.15, -0.1) is 11.8 Å². The van der Waals surface area contributed by atoms with Crippen LogP contribution in [0.5, 0.6) is 0 Å². The standard InChI is InChI=1S/C16H14F3N3O3S/c1-8-4-10(22-25-8)7-20-14(23)6-13-15(24)21-11-5-9(16(17,18)19)2-3-12(11)26-13/h2-5,13H,6-7H2,1H3,(H,20,23)(H,21,24)/t13-/m0/s1. The molecular weight excluding hydrogens is 371 g/mol. The zero-order chi connectivity index (χ0) is 18.9. The Kier molecular flexibility index (Phi) is 4.94. The predicted octanol–water partition coefficient (Wildman–Crippen LogP) is 3.12. The summed E-state index contributed by atoms with van der Waals surface area (Å²) < 4.78 is 43.1. The number of amides is 2. The Balaban J connectivity index is 1.62. The van der Waals surface area contributed by atoms with Crippen LogP contribution in [0.25, 0.3) is 0 Å². The minimum atomic E-state index is -4.49. The molecule has 0 spiro atoms. The molecule has 26 heavy (non-hydrogen) atoms. The number of fused-ring (bicyclic) bond motifs is 1. The molecule has 1 aromatic carbocycles. The number of nitrogens with one attached hydrogen (secondary N) is 2. The average molecular weight is 385 g/mol. The lowest BCUT2D eigenvalue weighted by Gasteiger charge is -2.24. The lowest BCUT2D eigenvalue weighted by molar-refractivity contribution is -0.137. The number of thioether (sulfide) groups is 1. The second kappa shape index (κ2) is 7.02. The molecule has 0 radical (unpaired) electrons. The van der Waals surface area contributed by atoms with E-state index in [4.69, 9.17) is 4.52 Å². The fourth-order valence-corrected chi connectivity index (χ4v) is 3.48. The highest BCUT2D eigenvalue weighted by Crippen LogP contribution is 2.40. The smallest absolute Gasteiger partial charge is 0.361 e. The van der Waals surface area contributed by atoms with Crippen molar-refractivity contribution < 1.29 is 27.3 Å². The van der Waals surface area contributed by atoms with Crippen LogP contribution < -0.4 is 10.6 Å². The van der Waals surface area contributed by atoms with Gasteiger partial charge in [0.2, 0.25) is 11.8 Å². The molecule has 1 aromatic heterocycles. The van der Waals surface area contributed by atoms with Gasteiger partial charge in [-0.1, -0.05) is 5.16 Å². The van der Waals surface area contributed by atoms with Crippen LogP contribution in [-0.2, 0) is 22.3 Å². The van der Waals surface area contributed by atoms with Crippen molar-refractivity contribution >= 4 is 29.3 Å². The lowest BCUT2D eigenvalue weighted by Crippen LogP contribution is -2.34. The molecule has 0 unspecified atom stereocenters. The molecule has 0 bridgehead atoms. The number of carbonyl (C=O) groups is 2. The van der Waals surface area contributed by atoms with Crippen molar-refractivity contribution in [3.05, 3.63) is 41.3 Å². The van der Waals surface area contributed by atoms with E-state index >= 15 is 0 Å². The molecule has 6 nitrogen and oxygen atoms in total. The first-order valence-electron chi connectivity index (χ1n) is 7.60. The minimum absolute atomic E-state index is 0.101. The first-order chi connectivity index (χ1) is 12.2. The normalized spacial score (nSPS) is 16.8. The van der Waals surface area contributed by atoms with Gasteiger partial charge in [-0.25, -0.2) is 0 Å². The number of aromatic nitrogens is 1. The van der Waals surface area contributed by atoms with Crippen molar-refractivity contribution in [2.24, 2.45) is 0 Å². The van der Waals surface area contributed by atoms with E-state index in [0.29, 0.717) is 16.3 Å². The Bertz CT molecular complexity index is 851. The van der Waals surface area contributed by atoms with Gasteiger partial charge >= 0.3 is 6.18 Å². The van der Waals surface area contributed by atoms with Gasteiger partial charge in [0.15, 0.2) is 0 Å². The molecule has 2 heterocycles. The van der Waals surface area contributed by atoms with E-state index in [1.54, 1.807) is 13.0 Å². The summed E-state index contributed by atoms with van der Waals surface area (Å²) in [6.07, 6.45) is -4.59. The molecule has 0 fully saturated rings. The summed E-state index contributed by atoms with van der Waals surface area (Å²) in [5, 5.41) is 8.08. The number of hydrogen-bond donors (Lipinski definition) is 2. The van der Waals surface area contributed by atoms with Crippen molar-refractivity contribution in [2.75, 3.05) is 5.32 Å². The van der Waals surface area contributed by atoms with Gasteiger partial charge in [0.05, 0.1) is 23.0 Å². The lowest BCUT2D eigenvalue weighted by atomic mass is 10.1. The number of hydrogen-bond acceptors (Lipinski definition) is 5. The Morgan fingerprint density at radius 3 is 2.81 bits per heavy atom. The fraction of sp³-hybridized carbons (Fsp3) is 0.312. The summed E-state index contributed by atoms with van der Waals surface area (Å²) in [4.78, 5) is 24.6. The highest BCUT2D eigenvalue weighted by molar-refractivity contribution is 8.01. The van der Waals surface area contributed by atoms with E-state index < -0.39 is 22.9 Å². The summed E-state index contributed by atoms with van der Waals surface area (Å²) >= 11 is 1.06. The summed E-state index contributed by atoms with van der Waals surface area (Å²) in [7, 11) is 0. The molecule has 138 valence electrons. The number of benzene rings is 1. The van der Waals surface area contributed by atoms with Crippen LogP contribution in [0.1, 0.15) is 23.4 Å². The maximum absolute atomic E-state index is 12.7. The van der Waals surface area contributed by atoms with Gasteiger partial charge in [0.25, 0.3) is 0 Å². The van der Waals surface area contributed by atoms with Gasteiger partial charge in [-0.05, 0) is 25.1 Å². The molecule has 2 amide bonds. The monoisotopic (exact) mass is 385 g/mol. The molecule has 2 aromatic rings. The van der Waals surface area contributed by atoms with Gasteiger partial charge in [-0.3, -0.25) is 9.59 Å². The number of halogens is 3. The maximum atomic E-state index is 12.7. The molecule has 2 N–H and O–H groups in total. The number of alkyl halides is 3. The zero-order valence-corrected chi connectivity index (χ0v) is 14.3. The average Bonchev–Trinajstić information content (AvgIpc) is 2.98. The predicted molar refractivity (Wildman–Crippen MR) is 87.4 cm³/mol. The van der Waals surface area contributed by atoms with Crippen molar-refractivity contribution in [1.82, 2.24) is 10.5 Å². The summed E-state index contributed by atoms with van der Waals surface area (Å²) in [6.45, 7) is 1.89. The largest absolute Gasteiger partial charge is 0.416 e. The molecule has 0 saturated carbocycles. The van der Waals surface area contributed by atoms with Crippen LogP contribution in [0, 0.1) is 6.92 Å². The topological polar surface area (TPSA) is 84.2 Å². The summed E-state index contributed by atoms with van der Waals surface area (Å²) in [6, 6.07) is 4.82. The van der Waals surface area contributed by atoms with Crippen LogP contribution in [-0.4, -0.2) is 22.2 Å². The Morgan fingerprint density at radius 2 is 2.15 bits per heavy atom. The third-order valence-electron chi connectivity index (χ3n) is 3.64. The van der Waals surface area contributed by atoms with E-state index in [-0.39, 0.29) is 24.6 Å². The quantitative estimate of drug-likeness (QED) is 0.845. The van der Waals surface area contributed by atoms with Crippen LogP contribution in [0.2, 0.25) is 0 Å². The van der Waals surface area contributed by atoms with Crippen molar-refractivity contribution in [3.8, 4) is 0 Å². The zero-order valence-electron chi connectivity index (χ0n) is 13.5. The molecule has 3 rings (SSSR count). The van der Waals surface area contributed by atoms with Crippen LogP contribution >= 0.6 is 11.8 Å². The summed E-state index contributed by atoms with van der Waals surface area (Å²) in [5.41, 5.74) is -0.178. The molecular formula is C16H14F3N3O3S. The van der Waals surface area contributed by atoms with Gasteiger partial charge in [0.1, 0.15) is 11.5 Å². The Morgan fingerprint density at radius 1 is 1.38 bits per heavy atom. The van der Waals surface area contributed by atoms with E-state index in [1.807, 2.05) is 0 Å². The number of rotatable bonds is 4.